The molecule has 1 N–H and O–H groups in total. The fourth-order valence-corrected chi connectivity index (χ4v) is 9.61. The molecule has 0 atom stereocenters. The van der Waals surface area contributed by atoms with Gasteiger partial charge in [-0.3, -0.25) is 0 Å². The van der Waals surface area contributed by atoms with Crippen LogP contribution >= 0.6 is 0 Å². The van der Waals surface area contributed by atoms with Crippen molar-refractivity contribution in [2.24, 2.45) is 0 Å². The minimum Gasteiger partial charge on any atom is -0.440 e. The molecule has 0 rings (SSSR count). The van der Waals surface area contributed by atoms with Crippen molar-refractivity contribution in [2.75, 3.05) is 0 Å². The third-order valence-corrected chi connectivity index (χ3v) is 11.6. The van der Waals surface area contributed by atoms with E-state index >= 15 is 0 Å². The first-order valence-electron chi connectivity index (χ1n) is 9.99. The third kappa shape index (κ3) is 11.9. The van der Waals surface area contributed by atoms with Crippen molar-refractivity contribution in [2.45, 2.75) is 116 Å². The van der Waals surface area contributed by atoms with Crippen LogP contribution in [0.15, 0.2) is 0 Å². The first kappa shape index (κ1) is 22.4. The van der Waals surface area contributed by atoms with Gasteiger partial charge in [0.2, 0.25) is 0 Å². The van der Waals surface area contributed by atoms with Gasteiger partial charge >= 0.3 is 0 Å². The summed E-state index contributed by atoms with van der Waals surface area (Å²) in [4.78, 5) is 9.56. The maximum atomic E-state index is 9.56. The molecule has 0 aliphatic carbocycles. The van der Waals surface area contributed by atoms with Crippen LogP contribution in [0.1, 0.15) is 97.8 Å². The zero-order chi connectivity index (χ0) is 16.5. The van der Waals surface area contributed by atoms with Crippen LogP contribution in [-0.2, 0) is 4.12 Å². The van der Waals surface area contributed by atoms with E-state index in [0.29, 0.717) is 0 Å². The zero-order valence-electron chi connectivity index (χ0n) is 15.7. The largest absolute Gasteiger partial charge is 0.440 e. The van der Waals surface area contributed by atoms with Crippen molar-refractivity contribution < 1.29 is 8.91 Å². The molecule has 0 amide bonds. The second-order valence-electron chi connectivity index (χ2n) is 6.89. The Morgan fingerprint density at radius 1 is 0.636 bits per heavy atom. The number of unbranched alkanes of at least 4 members (excludes halogenated alkanes) is 9. The molecule has 0 aromatic rings. The highest BCUT2D eigenvalue weighted by molar-refractivity contribution is 6.76. The standard InChI is InChI=1S/C18H42O2Si2/c1-4-7-10-13-16-22(20-21-19,17-14-11-8-5-2)18-15-12-9-6-3/h19H,4-18,21H2,1-3H3. The summed E-state index contributed by atoms with van der Waals surface area (Å²) in [6.07, 6.45) is 16.0. The lowest BCUT2D eigenvalue weighted by Gasteiger charge is -2.32. The molecular weight excluding hydrogens is 304 g/mol. The van der Waals surface area contributed by atoms with Crippen molar-refractivity contribution in [1.29, 1.82) is 0 Å². The van der Waals surface area contributed by atoms with Gasteiger partial charge in [-0.25, -0.2) is 0 Å². The molecule has 22 heavy (non-hydrogen) atoms. The molecule has 2 nitrogen and oxygen atoms in total. The first-order chi connectivity index (χ1) is 10.7. The lowest BCUT2D eigenvalue weighted by Crippen LogP contribution is -2.39. The predicted octanol–water partition coefficient (Wildman–Crippen LogP) is 5.68. The van der Waals surface area contributed by atoms with Crippen LogP contribution in [0.4, 0.5) is 0 Å². The predicted molar refractivity (Wildman–Crippen MR) is 104 cm³/mol. The second kappa shape index (κ2) is 16.2. The summed E-state index contributed by atoms with van der Waals surface area (Å²) in [5, 5.41) is 0. The summed E-state index contributed by atoms with van der Waals surface area (Å²) >= 11 is 0. The highest BCUT2D eigenvalue weighted by Crippen LogP contribution is 2.30. The molecule has 0 spiro atoms. The molecule has 0 aromatic carbocycles. The molecule has 0 radical (unpaired) electrons. The van der Waals surface area contributed by atoms with Crippen molar-refractivity contribution in [3.8, 4) is 0 Å². The van der Waals surface area contributed by atoms with Crippen molar-refractivity contribution >= 4 is 18.3 Å². The van der Waals surface area contributed by atoms with E-state index in [0.717, 1.165) is 0 Å². The van der Waals surface area contributed by atoms with Crippen LogP contribution in [0.5, 0.6) is 0 Å². The fourth-order valence-electron chi connectivity index (χ4n) is 3.35. The van der Waals surface area contributed by atoms with E-state index in [1.807, 2.05) is 0 Å². The summed E-state index contributed by atoms with van der Waals surface area (Å²) < 4.78 is 6.20. The number of rotatable bonds is 17. The van der Waals surface area contributed by atoms with Crippen molar-refractivity contribution in [3.63, 3.8) is 0 Å². The van der Waals surface area contributed by atoms with Gasteiger partial charge in [-0.15, -0.1) is 0 Å². The fraction of sp³-hybridized carbons (Fsp3) is 1.00. The van der Waals surface area contributed by atoms with Crippen LogP contribution < -0.4 is 0 Å². The van der Waals surface area contributed by atoms with Gasteiger partial charge in [0.15, 0.2) is 8.32 Å². The monoisotopic (exact) mass is 346 g/mol. The quantitative estimate of drug-likeness (QED) is 0.271. The van der Waals surface area contributed by atoms with Crippen molar-refractivity contribution in [1.82, 2.24) is 0 Å². The Morgan fingerprint density at radius 2 is 1.00 bits per heavy atom. The van der Waals surface area contributed by atoms with E-state index in [-0.39, 0.29) is 0 Å². The molecule has 0 bridgehead atoms. The minimum absolute atomic E-state index is 1.25. The van der Waals surface area contributed by atoms with E-state index in [1.165, 1.54) is 95.2 Å². The van der Waals surface area contributed by atoms with E-state index in [4.69, 9.17) is 4.12 Å². The highest BCUT2D eigenvalue weighted by atomic mass is 28.4. The molecule has 0 unspecified atom stereocenters. The molecule has 0 saturated heterocycles. The van der Waals surface area contributed by atoms with Crippen LogP contribution in [0.2, 0.25) is 18.1 Å². The van der Waals surface area contributed by atoms with Gasteiger partial charge < -0.3 is 8.91 Å². The minimum atomic E-state index is -1.63. The molecule has 0 aromatic heterocycles. The van der Waals surface area contributed by atoms with Gasteiger partial charge in [0, 0.05) is 0 Å². The highest BCUT2D eigenvalue weighted by Gasteiger charge is 2.32. The molecule has 0 aliphatic heterocycles. The summed E-state index contributed by atoms with van der Waals surface area (Å²) in [6.45, 7) is 6.83. The molecular formula is C18H42O2Si2. The Hall–Kier alpha value is 0.354. The summed E-state index contributed by atoms with van der Waals surface area (Å²) in [5.41, 5.74) is 0. The van der Waals surface area contributed by atoms with Crippen molar-refractivity contribution in [3.05, 3.63) is 0 Å². The Balaban J connectivity index is 4.39. The zero-order valence-corrected chi connectivity index (χ0v) is 18.1. The summed E-state index contributed by atoms with van der Waals surface area (Å²) in [6, 6.07) is 3.91. The van der Waals surface area contributed by atoms with Gasteiger partial charge in [0.1, 0.15) is 0 Å². The van der Waals surface area contributed by atoms with E-state index in [2.05, 4.69) is 20.8 Å². The third-order valence-electron chi connectivity index (χ3n) is 4.83. The molecule has 0 saturated carbocycles. The summed E-state index contributed by atoms with van der Waals surface area (Å²) in [7, 11) is -2.88. The average Bonchev–Trinajstić information content (AvgIpc) is 2.53. The van der Waals surface area contributed by atoms with Gasteiger partial charge in [-0.1, -0.05) is 97.8 Å². The normalized spacial score (nSPS) is 12.5. The molecule has 0 heterocycles. The molecule has 4 heteroatoms. The molecule has 134 valence electrons. The molecule has 0 fully saturated rings. The Bertz CT molecular complexity index is 194. The average molecular weight is 347 g/mol. The second-order valence-corrected chi connectivity index (χ2v) is 12.2. The topological polar surface area (TPSA) is 29.5 Å². The maximum Gasteiger partial charge on any atom is 0.291 e. The van der Waals surface area contributed by atoms with Gasteiger partial charge in [0.05, 0.1) is 0 Å². The maximum absolute atomic E-state index is 9.56. The summed E-state index contributed by atoms with van der Waals surface area (Å²) in [5.74, 6) is 0. The Kier molecular flexibility index (Phi) is 16.5. The van der Waals surface area contributed by atoms with Gasteiger partial charge in [0.25, 0.3) is 10.0 Å². The van der Waals surface area contributed by atoms with E-state index < -0.39 is 18.3 Å². The smallest absolute Gasteiger partial charge is 0.291 e. The van der Waals surface area contributed by atoms with Crippen LogP contribution in [-0.4, -0.2) is 23.1 Å². The number of hydrogen-bond donors (Lipinski definition) is 1. The van der Waals surface area contributed by atoms with Crippen LogP contribution in [0.3, 0.4) is 0 Å². The van der Waals surface area contributed by atoms with Crippen LogP contribution in [0, 0.1) is 0 Å². The van der Waals surface area contributed by atoms with Crippen LogP contribution in [0.25, 0.3) is 0 Å². The first-order valence-corrected chi connectivity index (χ1v) is 13.7. The van der Waals surface area contributed by atoms with Gasteiger partial charge in [-0.05, 0) is 18.1 Å². The van der Waals surface area contributed by atoms with E-state index in [1.54, 1.807) is 0 Å². The Morgan fingerprint density at radius 3 is 1.27 bits per heavy atom. The van der Waals surface area contributed by atoms with Gasteiger partial charge in [-0.2, -0.15) is 0 Å². The Labute approximate surface area is 143 Å². The number of hydrogen-bond acceptors (Lipinski definition) is 2. The SMILES string of the molecule is CCCCCC[Si](CCCCCC)(CCCCCC)O[SiH2]O. The molecule has 0 aliphatic rings. The van der Waals surface area contributed by atoms with E-state index in [9.17, 15) is 4.80 Å². The lowest BCUT2D eigenvalue weighted by molar-refractivity contribution is 0.430. The lowest BCUT2D eigenvalue weighted by atomic mass is 10.2.